The molecule has 0 bridgehead atoms. The molecule has 1 spiro atoms. The van der Waals surface area contributed by atoms with E-state index in [1.807, 2.05) is 13.0 Å². The number of carbonyl (C=O) groups excluding carboxylic acids is 1. The highest BCUT2D eigenvalue weighted by molar-refractivity contribution is 5.77. The van der Waals surface area contributed by atoms with Gasteiger partial charge in [-0.25, -0.2) is 9.97 Å². The minimum Gasteiger partial charge on any atom is -0.473 e. The van der Waals surface area contributed by atoms with Gasteiger partial charge < -0.3 is 4.74 Å². The Balaban J connectivity index is 0.000000158. The maximum absolute atomic E-state index is 12.5. The van der Waals surface area contributed by atoms with E-state index in [0.717, 1.165) is 30.3 Å². The number of halogens is 3. The molecule has 1 saturated heterocycles. The van der Waals surface area contributed by atoms with Crippen molar-refractivity contribution in [2.45, 2.75) is 51.1 Å². The molecular formula is C24H25F3N6O2. The Labute approximate surface area is 200 Å². The molecule has 2 saturated carbocycles. The van der Waals surface area contributed by atoms with Crippen molar-refractivity contribution in [1.29, 1.82) is 0 Å². The number of rotatable bonds is 4. The molecular weight excluding hydrogens is 461 g/mol. The Morgan fingerprint density at radius 1 is 1.14 bits per heavy atom. The molecule has 0 radical (unpaired) electrons. The average Bonchev–Trinajstić information content (AvgIpc) is 3.26. The van der Waals surface area contributed by atoms with Gasteiger partial charge in [0.05, 0.1) is 24.0 Å². The van der Waals surface area contributed by atoms with Crippen LogP contribution in [0, 0.1) is 18.3 Å². The van der Waals surface area contributed by atoms with E-state index in [2.05, 4.69) is 39.0 Å². The van der Waals surface area contributed by atoms with E-state index in [1.54, 1.807) is 18.5 Å². The number of nitrogens with zero attached hydrogens (tertiary/aromatic N) is 6. The molecule has 4 heterocycles. The number of piperidine rings is 1. The van der Waals surface area contributed by atoms with E-state index in [4.69, 9.17) is 4.74 Å². The van der Waals surface area contributed by atoms with Crippen LogP contribution in [0.2, 0.25) is 0 Å². The molecule has 3 fully saturated rings. The number of carbonyl (C=O) groups is 1. The van der Waals surface area contributed by atoms with Crippen molar-refractivity contribution in [2.24, 2.45) is 11.3 Å². The first-order valence-electron chi connectivity index (χ1n) is 11.4. The number of hydrogen-bond acceptors (Lipinski definition) is 7. The Hall–Kier alpha value is -3.34. The van der Waals surface area contributed by atoms with E-state index in [0.29, 0.717) is 35.2 Å². The van der Waals surface area contributed by atoms with Gasteiger partial charge in [-0.15, -0.1) is 4.80 Å². The number of aromatic nitrogens is 5. The fourth-order valence-electron chi connectivity index (χ4n) is 5.64. The SMILES string of the molecule is CC1C2CC23CC(Oc2ccc(C(F)(F)F)cn2)C3N1C.Cc1ccc(-n2nccn2)c(C=O)n1. The van der Waals surface area contributed by atoms with Gasteiger partial charge in [0.25, 0.3) is 0 Å². The molecule has 3 aliphatic rings. The molecule has 6 rings (SSSR count). The number of ether oxygens (including phenoxy) is 1. The third-order valence-electron chi connectivity index (χ3n) is 7.49. The van der Waals surface area contributed by atoms with Gasteiger partial charge in [-0.2, -0.15) is 23.4 Å². The largest absolute Gasteiger partial charge is 0.473 e. The van der Waals surface area contributed by atoms with Gasteiger partial charge >= 0.3 is 6.18 Å². The summed E-state index contributed by atoms with van der Waals surface area (Å²) in [5, 5.41) is 7.86. The predicted molar refractivity (Wildman–Crippen MR) is 119 cm³/mol. The molecule has 1 aliphatic heterocycles. The first-order valence-corrected chi connectivity index (χ1v) is 11.4. The molecule has 0 N–H and O–H groups in total. The zero-order chi connectivity index (χ0) is 25.0. The molecule has 2 aliphatic carbocycles. The normalized spacial score (nSPS) is 28.7. The maximum atomic E-state index is 12.5. The van der Waals surface area contributed by atoms with Crippen LogP contribution in [0.5, 0.6) is 5.88 Å². The number of alkyl halides is 3. The van der Waals surface area contributed by atoms with Crippen LogP contribution in [-0.2, 0) is 6.18 Å². The molecule has 184 valence electrons. The molecule has 3 aromatic heterocycles. The van der Waals surface area contributed by atoms with Crippen molar-refractivity contribution >= 4 is 6.29 Å². The summed E-state index contributed by atoms with van der Waals surface area (Å²) < 4.78 is 43.3. The number of aryl methyl sites for hydroxylation is 1. The van der Waals surface area contributed by atoms with E-state index >= 15 is 0 Å². The number of aldehydes is 1. The second-order valence-electron chi connectivity index (χ2n) is 9.43. The van der Waals surface area contributed by atoms with E-state index < -0.39 is 11.7 Å². The van der Waals surface area contributed by atoms with Crippen LogP contribution in [0.1, 0.15) is 41.5 Å². The molecule has 11 heteroatoms. The van der Waals surface area contributed by atoms with Crippen molar-refractivity contribution in [3.8, 4) is 11.6 Å². The molecule has 0 amide bonds. The summed E-state index contributed by atoms with van der Waals surface area (Å²) in [4.78, 5) is 22.3. The summed E-state index contributed by atoms with van der Waals surface area (Å²) in [6, 6.07) is 6.89. The lowest BCUT2D eigenvalue weighted by Gasteiger charge is -2.46. The molecule has 3 aromatic rings. The fraction of sp³-hybridized carbons (Fsp3) is 0.458. The van der Waals surface area contributed by atoms with E-state index in [-0.39, 0.29) is 12.0 Å². The second kappa shape index (κ2) is 8.40. The first-order chi connectivity index (χ1) is 16.6. The van der Waals surface area contributed by atoms with Crippen LogP contribution in [0.25, 0.3) is 5.69 Å². The fourth-order valence-corrected chi connectivity index (χ4v) is 5.64. The van der Waals surface area contributed by atoms with E-state index in [1.165, 1.54) is 17.3 Å². The molecule has 8 nitrogen and oxygen atoms in total. The van der Waals surface area contributed by atoms with Crippen molar-refractivity contribution in [3.63, 3.8) is 0 Å². The number of likely N-dealkylation sites (tertiary alicyclic amines) is 1. The lowest BCUT2D eigenvalue weighted by molar-refractivity contribution is -0.137. The Morgan fingerprint density at radius 2 is 1.89 bits per heavy atom. The quantitative estimate of drug-likeness (QED) is 0.520. The third kappa shape index (κ3) is 4.07. The van der Waals surface area contributed by atoms with Gasteiger partial charge in [0, 0.05) is 24.0 Å². The van der Waals surface area contributed by atoms with Crippen molar-refractivity contribution < 1.29 is 22.7 Å². The number of likely N-dealkylation sites (N-methyl/N-ethyl adjacent to an activating group) is 1. The highest BCUT2D eigenvalue weighted by Crippen LogP contribution is 2.73. The highest BCUT2D eigenvalue weighted by Gasteiger charge is 2.76. The topological polar surface area (TPSA) is 86.0 Å². The minimum atomic E-state index is -4.35. The van der Waals surface area contributed by atoms with Crippen LogP contribution in [0.15, 0.2) is 42.9 Å². The van der Waals surface area contributed by atoms with Gasteiger partial charge in [0.15, 0.2) is 6.29 Å². The van der Waals surface area contributed by atoms with Crippen molar-refractivity contribution in [3.05, 3.63) is 59.8 Å². The van der Waals surface area contributed by atoms with E-state index in [9.17, 15) is 18.0 Å². The molecule has 35 heavy (non-hydrogen) atoms. The molecule has 5 atom stereocenters. The molecule has 5 unspecified atom stereocenters. The smallest absolute Gasteiger partial charge is 0.417 e. The summed E-state index contributed by atoms with van der Waals surface area (Å²) >= 11 is 0. The standard InChI is InChI=1S/C15H17F3N2O.C9H8N4O/c1-8-10-5-14(10)6-11(13(14)20(8)2)21-12-4-3-9(7-19-12)15(16,17)18;1-7-2-3-9(8(6-14)12-7)13-10-4-5-11-13/h3-4,7-8,10-11,13H,5-6H2,1-2H3;2-6H,1H3. The first kappa shape index (κ1) is 23.4. The van der Waals surface area contributed by atoms with Gasteiger partial charge in [0.2, 0.25) is 5.88 Å². The van der Waals surface area contributed by atoms with Crippen LogP contribution < -0.4 is 4.74 Å². The second-order valence-corrected chi connectivity index (χ2v) is 9.43. The Kier molecular flexibility index (Phi) is 5.62. The van der Waals surface area contributed by atoms with Crippen molar-refractivity contribution in [2.75, 3.05) is 7.05 Å². The lowest BCUT2D eigenvalue weighted by atomic mass is 9.73. The maximum Gasteiger partial charge on any atom is 0.417 e. The Bertz CT molecular complexity index is 1220. The average molecular weight is 486 g/mol. The minimum absolute atomic E-state index is 0.0502. The predicted octanol–water partition coefficient (Wildman–Crippen LogP) is 3.74. The molecule has 0 aromatic carbocycles. The number of hydrogen-bond donors (Lipinski definition) is 0. The summed E-state index contributed by atoms with van der Waals surface area (Å²) in [5.74, 6) is 1.06. The van der Waals surface area contributed by atoms with Crippen LogP contribution in [0.4, 0.5) is 13.2 Å². The van der Waals surface area contributed by atoms with Crippen molar-refractivity contribution in [1.82, 2.24) is 29.9 Å². The summed E-state index contributed by atoms with van der Waals surface area (Å²) in [6.07, 6.45) is 2.60. The summed E-state index contributed by atoms with van der Waals surface area (Å²) in [5.41, 5.74) is 1.42. The monoisotopic (exact) mass is 486 g/mol. The van der Waals surface area contributed by atoms with Gasteiger partial charge in [0.1, 0.15) is 17.5 Å². The summed E-state index contributed by atoms with van der Waals surface area (Å²) in [6.45, 7) is 4.07. The number of pyridine rings is 2. The zero-order valence-electron chi connectivity index (χ0n) is 19.5. The van der Waals surface area contributed by atoms with Crippen LogP contribution in [-0.4, -0.2) is 61.4 Å². The van der Waals surface area contributed by atoms with Gasteiger partial charge in [-0.1, -0.05) is 0 Å². The van der Waals surface area contributed by atoms with Gasteiger partial charge in [-0.05, 0) is 63.3 Å². The zero-order valence-corrected chi connectivity index (χ0v) is 19.5. The van der Waals surface area contributed by atoms with Crippen LogP contribution >= 0.6 is 0 Å². The van der Waals surface area contributed by atoms with Crippen LogP contribution in [0.3, 0.4) is 0 Å². The summed E-state index contributed by atoms with van der Waals surface area (Å²) in [7, 11) is 2.11. The highest BCUT2D eigenvalue weighted by atomic mass is 19.4. The van der Waals surface area contributed by atoms with Gasteiger partial charge in [-0.3, -0.25) is 9.69 Å². The third-order valence-corrected chi connectivity index (χ3v) is 7.49. The Morgan fingerprint density at radius 3 is 2.49 bits per heavy atom. The lowest BCUT2D eigenvalue weighted by Crippen LogP contribution is -2.57.